The maximum absolute atomic E-state index is 10.9. The average Bonchev–Trinajstić information content (AvgIpc) is 2.14. The van der Waals surface area contributed by atoms with Gasteiger partial charge < -0.3 is 6.16 Å². The average molecular weight is 258 g/mol. The van der Waals surface area contributed by atoms with Crippen molar-refractivity contribution in [3.05, 3.63) is 12.2 Å². The van der Waals surface area contributed by atoms with Gasteiger partial charge in [0.1, 0.15) is 0 Å². The molecule has 5 nitrogen and oxygen atoms in total. The third kappa shape index (κ3) is 13.7. The fraction of sp³-hybridized carbons (Fsp3) is 0.700. The van der Waals surface area contributed by atoms with E-state index in [1.54, 1.807) is 6.92 Å². The first-order valence-corrected chi connectivity index (χ1v) is 6.71. The normalized spacial score (nSPS) is 10.5. The summed E-state index contributed by atoms with van der Waals surface area (Å²) >= 11 is 0. The molecule has 0 radical (unpaired) electrons. The number of carbonyl (C=O) groups is 1. The summed E-state index contributed by atoms with van der Waals surface area (Å²) in [4.78, 5) is 10.9. The smallest absolute Gasteiger partial charge is 1.00 e. The van der Waals surface area contributed by atoms with E-state index in [1.165, 1.54) is 0 Å². The van der Waals surface area contributed by atoms with E-state index in [1.807, 2.05) is 0 Å². The molecule has 0 spiro atoms. The second-order valence-electron chi connectivity index (χ2n) is 3.62. The van der Waals surface area contributed by atoms with E-state index in [2.05, 4.69) is 6.58 Å². The van der Waals surface area contributed by atoms with Crippen molar-refractivity contribution in [1.29, 1.82) is 0 Å². The quantitative estimate of drug-likeness (QED) is 0.192. The monoisotopic (exact) mass is 258 g/mol. The topological polar surface area (TPSA) is 80.7 Å². The number of carbonyl (C=O) groups excluding carboxylic acids is 1. The summed E-state index contributed by atoms with van der Waals surface area (Å²) in [7, 11) is -3.84. The summed E-state index contributed by atoms with van der Waals surface area (Å²) in [6.45, 7) is 5.34. The summed E-state index contributed by atoms with van der Waals surface area (Å²) < 4.78 is 34.0. The number of hydrogen-bond acceptors (Lipinski definition) is 4. The first-order chi connectivity index (χ1) is 7.33. The van der Waals surface area contributed by atoms with Crippen LogP contribution in [0.4, 0.5) is 0 Å². The Morgan fingerprint density at radius 1 is 1.29 bits per heavy atom. The Labute approximate surface area is 116 Å². The van der Waals surface area contributed by atoms with Crippen molar-refractivity contribution in [3.63, 3.8) is 0 Å². The molecule has 0 aromatic heterocycles. The number of rotatable bonds is 8. The summed E-state index contributed by atoms with van der Waals surface area (Å²) in [6.07, 6.45) is 2.56. The van der Waals surface area contributed by atoms with Crippen molar-refractivity contribution in [2.45, 2.75) is 32.6 Å². The Morgan fingerprint density at radius 3 is 2.29 bits per heavy atom. The molecule has 0 heterocycles. The number of ether oxygens (including phenoxy) is 1. The predicted octanol–water partition coefficient (Wildman–Crippen LogP) is -1.33. The van der Waals surface area contributed by atoms with Crippen LogP contribution in [0, 0.1) is 0 Å². The van der Waals surface area contributed by atoms with Gasteiger partial charge in [-0.1, -0.05) is 19.4 Å². The van der Waals surface area contributed by atoms with Crippen molar-refractivity contribution >= 4 is 16.1 Å². The summed E-state index contributed by atoms with van der Waals surface area (Å²) in [5.74, 6) is -0.614. The van der Waals surface area contributed by atoms with E-state index in [4.69, 9.17) is 9.29 Å². The van der Waals surface area contributed by atoms with Gasteiger partial charge in [0.15, 0.2) is 0 Å². The molecule has 0 aliphatic rings. The first-order valence-electron chi connectivity index (χ1n) is 5.11. The molecule has 0 atom stereocenters. The van der Waals surface area contributed by atoms with Crippen LogP contribution in [0.15, 0.2) is 12.2 Å². The zero-order valence-electron chi connectivity index (χ0n) is 11.4. The number of unbranched alkanes of at least 4 members (excludes halogenated alkanes) is 3. The fourth-order valence-electron chi connectivity index (χ4n) is 1.03. The standard InChI is InChI=1S/C10H18O5S.Li.H/c1-9(2)10(11)15-7-5-3-4-6-8-16(12,13)14;;/h1,3-8H2,2H3,(H,12,13,14);;/q;+1;-1. The van der Waals surface area contributed by atoms with Crippen molar-refractivity contribution in [2.75, 3.05) is 12.4 Å². The maximum atomic E-state index is 10.9. The molecular weight excluding hydrogens is 239 g/mol. The Bertz CT molecular complexity index is 342. The second-order valence-corrected chi connectivity index (χ2v) is 5.19. The van der Waals surface area contributed by atoms with Crippen LogP contribution in [-0.2, 0) is 19.6 Å². The van der Waals surface area contributed by atoms with Gasteiger partial charge in [0, 0.05) is 5.57 Å². The zero-order valence-corrected chi connectivity index (χ0v) is 11.3. The van der Waals surface area contributed by atoms with E-state index in [0.29, 0.717) is 31.4 Å². The maximum Gasteiger partial charge on any atom is 1.00 e. The van der Waals surface area contributed by atoms with Gasteiger partial charge in [-0.2, -0.15) is 8.42 Å². The largest absolute Gasteiger partial charge is 1.00 e. The molecule has 0 rings (SSSR count). The Morgan fingerprint density at radius 2 is 1.82 bits per heavy atom. The van der Waals surface area contributed by atoms with Gasteiger partial charge in [0.2, 0.25) is 0 Å². The molecule has 96 valence electrons. The molecular formula is C10H19LiO5S. The van der Waals surface area contributed by atoms with E-state index in [0.717, 1.165) is 6.42 Å². The summed E-state index contributed by atoms with van der Waals surface area (Å²) in [5.41, 5.74) is 0.367. The molecule has 0 fully saturated rings. The molecule has 7 heteroatoms. The summed E-state index contributed by atoms with van der Waals surface area (Å²) in [5, 5.41) is 0. The molecule has 0 saturated heterocycles. The molecule has 17 heavy (non-hydrogen) atoms. The molecule has 0 aliphatic carbocycles. The van der Waals surface area contributed by atoms with Crippen LogP contribution < -0.4 is 18.9 Å². The molecule has 0 aromatic rings. The van der Waals surface area contributed by atoms with Gasteiger partial charge in [-0.3, -0.25) is 4.55 Å². The minimum absolute atomic E-state index is 0. The SMILES string of the molecule is C=C(C)C(=O)OCCCCCCS(=O)(=O)O.[H-].[Li+]. The summed E-state index contributed by atoms with van der Waals surface area (Å²) in [6, 6.07) is 0. The second kappa shape index (κ2) is 9.72. The molecule has 0 aliphatic heterocycles. The molecule has 0 bridgehead atoms. The Balaban J connectivity index is -0.00000112. The van der Waals surface area contributed by atoms with E-state index in [-0.39, 0.29) is 26.0 Å². The molecule has 0 aromatic carbocycles. The van der Waals surface area contributed by atoms with Crippen molar-refractivity contribution in [2.24, 2.45) is 0 Å². The first kappa shape index (κ1) is 19.1. The van der Waals surface area contributed by atoms with Gasteiger partial charge in [0.25, 0.3) is 10.1 Å². The number of hydrogen-bond donors (Lipinski definition) is 1. The third-order valence-electron chi connectivity index (χ3n) is 1.88. The van der Waals surface area contributed by atoms with Crippen molar-refractivity contribution in [3.8, 4) is 0 Å². The fourth-order valence-corrected chi connectivity index (χ4v) is 1.60. The third-order valence-corrected chi connectivity index (χ3v) is 2.68. The van der Waals surface area contributed by atoms with Crippen LogP contribution in [0.3, 0.4) is 0 Å². The van der Waals surface area contributed by atoms with Crippen LogP contribution in [0.25, 0.3) is 0 Å². The zero-order chi connectivity index (χ0) is 12.6. The molecule has 0 saturated carbocycles. The van der Waals surface area contributed by atoms with Gasteiger partial charge in [-0.25, -0.2) is 4.79 Å². The minimum Gasteiger partial charge on any atom is -1.00 e. The van der Waals surface area contributed by atoms with E-state index < -0.39 is 16.1 Å². The van der Waals surface area contributed by atoms with E-state index >= 15 is 0 Å². The van der Waals surface area contributed by atoms with Gasteiger partial charge in [-0.15, -0.1) is 0 Å². The van der Waals surface area contributed by atoms with E-state index in [9.17, 15) is 13.2 Å². The molecule has 0 unspecified atom stereocenters. The molecule has 1 N–H and O–H groups in total. The van der Waals surface area contributed by atoms with Gasteiger partial charge >= 0.3 is 24.8 Å². The molecule has 0 amide bonds. The minimum atomic E-state index is -3.84. The van der Waals surface area contributed by atoms with Crippen LogP contribution >= 0.6 is 0 Å². The van der Waals surface area contributed by atoms with Crippen LogP contribution in [0.5, 0.6) is 0 Å². The van der Waals surface area contributed by atoms with Crippen LogP contribution in [0.2, 0.25) is 0 Å². The Hall–Kier alpha value is -0.283. The number of esters is 1. The van der Waals surface area contributed by atoms with Gasteiger partial charge in [0.05, 0.1) is 12.4 Å². The predicted molar refractivity (Wildman–Crippen MR) is 61.8 cm³/mol. The van der Waals surface area contributed by atoms with Crippen LogP contribution in [0.1, 0.15) is 34.0 Å². The van der Waals surface area contributed by atoms with Gasteiger partial charge in [-0.05, 0) is 19.8 Å². The Kier molecular flexibility index (Phi) is 10.9. The van der Waals surface area contributed by atoms with Crippen molar-refractivity contribution in [1.82, 2.24) is 0 Å². The van der Waals surface area contributed by atoms with Crippen LogP contribution in [-0.4, -0.2) is 31.3 Å². The van der Waals surface area contributed by atoms with Crippen molar-refractivity contribution < 1.29 is 42.8 Å².